The third kappa shape index (κ3) is 5.08. The third-order valence-corrected chi connectivity index (χ3v) is 2.70. The molecule has 7 heteroatoms. The maximum absolute atomic E-state index is 11.5. The largest absolute Gasteiger partial charge is 0.459 e. The summed E-state index contributed by atoms with van der Waals surface area (Å²) < 4.78 is 5.03. The van der Waals surface area contributed by atoms with E-state index in [1.54, 1.807) is 20.8 Å². The van der Waals surface area contributed by atoms with Crippen molar-refractivity contribution in [1.29, 1.82) is 0 Å². The molecule has 0 aromatic heterocycles. The molecular formula is C10H16N2O4S. The molecule has 1 atom stereocenters. The van der Waals surface area contributed by atoms with Crippen molar-refractivity contribution in [1.82, 2.24) is 10.6 Å². The SMILES string of the molecule is CC(C)(C)OC(=O)CNC(=O)[C@@H]1CSC(=O)N1. The molecule has 1 rings (SSSR count). The molecule has 0 radical (unpaired) electrons. The van der Waals surface area contributed by atoms with E-state index >= 15 is 0 Å². The number of thioether (sulfide) groups is 1. The van der Waals surface area contributed by atoms with Gasteiger partial charge in [0, 0.05) is 5.75 Å². The van der Waals surface area contributed by atoms with Crippen LogP contribution in [0.5, 0.6) is 0 Å². The van der Waals surface area contributed by atoms with Crippen molar-refractivity contribution in [3.8, 4) is 0 Å². The monoisotopic (exact) mass is 260 g/mol. The number of amides is 2. The van der Waals surface area contributed by atoms with Gasteiger partial charge in [-0.05, 0) is 20.8 Å². The van der Waals surface area contributed by atoms with E-state index in [1.165, 1.54) is 0 Å². The van der Waals surface area contributed by atoms with Gasteiger partial charge in [-0.25, -0.2) is 0 Å². The standard InChI is InChI=1S/C10H16N2O4S/c1-10(2,3)16-7(13)4-11-8(14)6-5-17-9(15)12-6/h6H,4-5H2,1-3H3,(H,11,14)(H,12,15)/t6-/m0/s1. The van der Waals surface area contributed by atoms with E-state index in [-0.39, 0.29) is 17.7 Å². The highest BCUT2D eigenvalue weighted by atomic mass is 32.2. The lowest BCUT2D eigenvalue weighted by Crippen LogP contribution is -2.45. The van der Waals surface area contributed by atoms with Crippen molar-refractivity contribution < 1.29 is 19.1 Å². The lowest BCUT2D eigenvalue weighted by molar-refractivity contribution is -0.154. The fourth-order valence-corrected chi connectivity index (χ4v) is 1.96. The molecule has 96 valence electrons. The molecule has 0 unspecified atom stereocenters. The smallest absolute Gasteiger partial charge is 0.325 e. The van der Waals surface area contributed by atoms with E-state index < -0.39 is 17.6 Å². The molecule has 2 N–H and O–H groups in total. The number of carbonyl (C=O) groups excluding carboxylic acids is 3. The molecule has 1 fully saturated rings. The topological polar surface area (TPSA) is 84.5 Å². The summed E-state index contributed by atoms with van der Waals surface area (Å²) >= 11 is 1.05. The Morgan fingerprint density at radius 3 is 2.65 bits per heavy atom. The zero-order valence-electron chi connectivity index (χ0n) is 10.0. The molecule has 0 aliphatic carbocycles. The predicted octanol–water partition coefficient (Wildman–Crippen LogP) is 0.269. The minimum atomic E-state index is -0.570. The molecule has 0 saturated carbocycles. The second-order valence-corrected chi connectivity index (χ2v) is 5.59. The van der Waals surface area contributed by atoms with Crippen LogP contribution in [0, 0.1) is 0 Å². The van der Waals surface area contributed by atoms with Gasteiger partial charge in [-0.3, -0.25) is 14.4 Å². The highest BCUT2D eigenvalue weighted by molar-refractivity contribution is 8.14. The molecule has 17 heavy (non-hydrogen) atoms. The molecule has 2 amide bonds. The van der Waals surface area contributed by atoms with Gasteiger partial charge in [-0.2, -0.15) is 0 Å². The Balaban J connectivity index is 2.29. The van der Waals surface area contributed by atoms with Gasteiger partial charge in [0.25, 0.3) is 5.24 Å². The van der Waals surface area contributed by atoms with Gasteiger partial charge in [0.1, 0.15) is 18.2 Å². The first-order chi connectivity index (χ1) is 7.78. The molecule has 1 saturated heterocycles. The van der Waals surface area contributed by atoms with Crippen LogP contribution in [0.4, 0.5) is 4.79 Å². The summed E-state index contributed by atoms with van der Waals surface area (Å²) in [5, 5.41) is 4.69. The summed E-state index contributed by atoms with van der Waals surface area (Å²) in [5.74, 6) is -0.476. The summed E-state index contributed by atoms with van der Waals surface area (Å²) in [4.78, 5) is 33.7. The Bertz CT molecular complexity index is 338. The van der Waals surface area contributed by atoms with Crippen LogP contribution < -0.4 is 10.6 Å². The van der Waals surface area contributed by atoms with Crippen molar-refractivity contribution in [2.45, 2.75) is 32.4 Å². The van der Waals surface area contributed by atoms with Crippen molar-refractivity contribution in [2.75, 3.05) is 12.3 Å². The first-order valence-corrected chi connectivity index (χ1v) is 6.19. The fraction of sp³-hybridized carbons (Fsp3) is 0.700. The Hall–Kier alpha value is -1.24. The zero-order chi connectivity index (χ0) is 13.1. The Labute approximate surface area is 104 Å². The number of nitrogens with one attached hydrogen (secondary N) is 2. The van der Waals surface area contributed by atoms with Gasteiger partial charge in [-0.1, -0.05) is 11.8 Å². The molecule has 6 nitrogen and oxygen atoms in total. The van der Waals surface area contributed by atoms with Crippen molar-refractivity contribution >= 4 is 28.9 Å². The van der Waals surface area contributed by atoms with Gasteiger partial charge in [0.2, 0.25) is 5.91 Å². The first-order valence-electron chi connectivity index (χ1n) is 5.21. The molecule has 0 spiro atoms. The average Bonchev–Trinajstić information content (AvgIpc) is 2.58. The molecule has 0 bridgehead atoms. The number of carbonyl (C=O) groups is 3. The van der Waals surface area contributed by atoms with Gasteiger partial charge in [0.05, 0.1) is 0 Å². The second kappa shape index (κ2) is 5.39. The van der Waals surface area contributed by atoms with E-state index in [4.69, 9.17) is 4.74 Å². The quantitative estimate of drug-likeness (QED) is 0.711. The highest BCUT2D eigenvalue weighted by Gasteiger charge is 2.28. The summed E-state index contributed by atoms with van der Waals surface area (Å²) in [6.45, 7) is 5.06. The maximum atomic E-state index is 11.5. The van der Waals surface area contributed by atoms with Crippen LogP contribution >= 0.6 is 11.8 Å². The highest BCUT2D eigenvalue weighted by Crippen LogP contribution is 2.12. The van der Waals surface area contributed by atoms with E-state index in [1.807, 2.05) is 0 Å². The van der Waals surface area contributed by atoms with Crippen molar-refractivity contribution in [3.63, 3.8) is 0 Å². The van der Waals surface area contributed by atoms with Crippen LogP contribution in [0.15, 0.2) is 0 Å². The molecular weight excluding hydrogens is 244 g/mol. The number of ether oxygens (including phenoxy) is 1. The summed E-state index contributed by atoms with van der Waals surface area (Å²) in [6.07, 6.45) is 0. The first kappa shape index (κ1) is 13.8. The van der Waals surface area contributed by atoms with Crippen LogP contribution in [0.25, 0.3) is 0 Å². The number of hydrogen-bond acceptors (Lipinski definition) is 5. The molecule has 1 aliphatic heterocycles. The molecule has 0 aromatic rings. The van der Waals surface area contributed by atoms with Crippen LogP contribution in [0.2, 0.25) is 0 Å². The molecule has 1 aliphatic rings. The fourth-order valence-electron chi connectivity index (χ4n) is 1.19. The predicted molar refractivity (Wildman–Crippen MR) is 63.6 cm³/mol. The van der Waals surface area contributed by atoms with Gasteiger partial charge >= 0.3 is 5.97 Å². The zero-order valence-corrected chi connectivity index (χ0v) is 10.8. The lowest BCUT2D eigenvalue weighted by Gasteiger charge is -2.19. The van der Waals surface area contributed by atoms with Crippen LogP contribution in [0.1, 0.15) is 20.8 Å². The van der Waals surface area contributed by atoms with E-state index in [2.05, 4.69) is 10.6 Å². The summed E-state index contributed by atoms with van der Waals surface area (Å²) in [7, 11) is 0. The molecule has 0 aromatic carbocycles. The van der Waals surface area contributed by atoms with E-state index in [0.717, 1.165) is 11.8 Å². The summed E-state index contributed by atoms with van der Waals surface area (Å²) in [6, 6.07) is -0.560. The minimum absolute atomic E-state index is 0.187. The van der Waals surface area contributed by atoms with E-state index in [9.17, 15) is 14.4 Å². The van der Waals surface area contributed by atoms with Gasteiger partial charge < -0.3 is 15.4 Å². The molecule has 1 heterocycles. The van der Waals surface area contributed by atoms with Crippen LogP contribution in [-0.2, 0) is 14.3 Å². The number of esters is 1. The van der Waals surface area contributed by atoms with Gasteiger partial charge in [-0.15, -0.1) is 0 Å². The summed E-state index contributed by atoms with van der Waals surface area (Å²) in [5.41, 5.74) is -0.570. The lowest BCUT2D eigenvalue weighted by atomic mass is 10.2. The number of hydrogen-bond donors (Lipinski definition) is 2. The number of rotatable bonds is 3. The normalized spacial score (nSPS) is 19.7. The van der Waals surface area contributed by atoms with Crippen LogP contribution in [-0.4, -0.2) is 41.1 Å². The van der Waals surface area contributed by atoms with E-state index in [0.29, 0.717) is 5.75 Å². The Morgan fingerprint density at radius 1 is 1.53 bits per heavy atom. The van der Waals surface area contributed by atoms with Crippen molar-refractivity contribution in [2.24, 2.45) is 0 Å². The van der Waals surface area contributed by atoms with Gasteiger partial charge in [0.15, 0.2) is 0 Å². The third-order valence-electron chi connectivity index (χ3n) is 1.82. The second-order valence-electron chi connectivity index (χ2n) is 4.60. The van der Waals surface area contributed by atoms with Crippen LogP contribution in [0.3, 0.4) is 0 Å². The van der Waals surface area contributed by atoms with Crippen molar-refractivity contribution in [3.05, 3.63) is 0 Å². The Morgan fingerprint density at radius 2 is 2.18 bits per heavy atom. The Kier molecular flexibility index (Phi) is 4.39. The average molecular weight is 260 g/mol. The minimum Gasteiger partial charge on any atom is -0.459 e. The maximum Gasteiger partial charge on any atom is 0.325 e.